The van der Waals surface area contributed by atoms with Gasteiger partial charge in [0, 0.05) is 56.1 Å². The Labute approximate surface area is 218 Å². The fourth-order valence-corrected chi connectivity index (χ4v) is 4.89. The Morgan fingerprint density at radius 3 is 2.82 bits per heavy atom. The summed E-state index contributed by atoms with van der Waals surface area (Å²) in [6, 6.07) is 7.15. The van der Waals surface area contributed by atoms with Gasteiger partial charge in [0.15, 0.2) is 11.5 Å². The average molecular weight is 514 g/mol. The molecule has 38 heavy (non-hydrogen) atoms. The Morgan fingerprint density at radius 2 is 2.00 bits per heavy atom. The molecule has 4 aromatic heterocycles. The lowest BCUT2D eigenvalue weighted by atomic mass is 10.0. The number of carbonyl (C=O) groups is 1. The third-order valence-corrected chi connectivity index (χ3v) is 6.91. The van der Waals surface area contributed by atoms with Gasteiger partial charge >= 0.3 is 0 Å². The van der Waals surface area contributed by atoms with Crippen LogP contribution < -0.4 is 10.2 Å². The molecule has 0 radical (unpaired) electrons. The van der Waals surface area contributed by atoms with Gasteiger partial charge in [0.25, 0.3) is 0 Å². The number of rotatable bonds is 6. The van der Waals surface area contributed by atoms with Crippen LogP contribution in [0, 0.1) is 5.82 Å². The van der Waals surface area contributed by atoms with Gasteiger partial charge in [-0.15, -0.1) is 0 Å². The van der Waals surface area contributed by atoms with Crippen molar-refractivity contribution in [2.24, 2.45) is 0 Å². The smallest absolute Gasteiger partial charge is 0.224 e. The number of nitrogens with one attached hydrogen (secondary N) is 3. The van der Waals surface area contributed by atoms with Crippen molar-refractivity contribution in [3.63, 3.8) is 0 Å². The van der Waals surface area contributed by atoms with Crippen LogP contribution >= 0.6 is 0 Å². The minimum absolute atomic E-state index is 0.103. The Hall–Kier alpha value is -4.38. The van der Waals surface area contributed by atoms with E-state index in [2.05, 4.69) is 47.3 Å². The molecule has 1 amide bonds. The fraction of sp³-hybridized carbons (Fsp3) is 0.296. The standard InChI is InChI=1S/C27H28FN9O/c1-3-4-21(38)31-17-13-16(14-29-15-17)18-5-6-19-22(23(18)28)25(35-34-19)27-32-24-20(7-8-30-26(24)33-27)37-11-9-36(2)10-12-37/h5-8,13-15H,3-4,9-12H2,1-2H3,(H,31,38)(H,34,35)(H,30,32,33). The van der Waals surface area contributed by atoms with E-state index in [4.69, 9.17) is 4.98 Å². The third kappa shape index (κ3) is 4.34. The second-order valence-corrected chi connectivity index (χ2v) is 9.59. The largest absolute Gasteiger partial charge is 0.367 e. The van der Waals surface area contributed by atoms with E-state index in [0.29, 0.717) is 51.3 Å². The number of imidazole rings is 1. The molecule has 10 nitrogen and oxygen atoms in total. The number of amides is 1. The summed E-state index contributed by atoms with van der Waals surface area (Å²) in [6.07, 6.45) is 6.04. The first-order chi connectivity index (χ1) is 18.5. The summed E-state index contributed by atoms with van der Waals surface area (Å²) in [5.74, 6) is -0.109. The lowest BCUT2D eigenvalue weighted by molar-refractivity contribution is -0.116. The number of piperazine rings is 1. The Balaban J connectivity index is 1.39. The van der Waals surface area contributed by atoms with E-state index in [1.54, 1.807) is 36.8 Å². The molecule has 0 aliphatic carbocycles. The van der Waals surface area contributed by atoms with E-state index in [9.17, 15) is 4.79 Å². The van der Waals surface area contributed by atoms with Gasteiger partial charge in [0.2, 0.25) is 5.91 Å². The molecule has 194 valence electrons. The summed E-state index contributed by atoms with van der Waals surface area (Å²) in [7, 11) is 2.12. The number of H-pyrrole nitrogens is 2. The molecule has 1 saturated heterocycles. The normalized spacial score (nSPS) is 14.4. The van der Waals surface area contributed by atoms with Crippen LogP contribution in [0.4, 0.5) is 15.8 Å². The Morgan fingerprint density at radius 1 is 1.16 bits per heavy atom. The van der Waals surface area contributed by atoms with E-state index in [0.717, 1.165) is 43.8 Å². The van der Waals surface area contributed by atoms with E-state index >= 15 is 4.39 Å². The molecule has 6 rings (SSSR count). The van der Waals surface area contributed by atoms with Crippen LogP contribution in [0.2, 0.25) is 0 Å². The van der Waals surface area contributed by atoms with Crippen molar-refractivity contribution in [3.05, 3.63) is 48.7 Å². The number of anilines is 2. The lowest BCUT2D eigenvalue weighted by Gasteiger charge is -2.33. The van der Waals surface area contributed by atoms with Crippen molar-refractivity contribution < 1.29 is 9.18 Å². The van der Waals surface area contributed by atoms with Crippen molar-refractivity contribution in [1.29, 1.82) is 0 Å². The number of benzene rings is 1. The summed E-state index contributed by atoms with van der Waals surface area (Å²) >= 11 is 0. The number of aromatic nitrogens is 6. The molecule has 0 unspecified atom stereocenters. The third-order valence-electron chi connectivity index (χ3n) is 6.91. The monoisotopic (exact) mass is 513 g/mol. The van der Waals surface area contributed by atoms with Gasteiger partial charge in [-0.25, -0.2) is 14.4 Å². The molecule has 5 heterocycles. The van der Waals surface area contributed by atoms with Crippen LogP contribution in [0.5, 0.6) is 0 Å². The second-order valence-electron chi connectivity index (χ2n) is 9.59. The highest BCUT2D eigenvalue weighted by Crippen LogP contribution is 2.35. The van der Waals surface area contributed by atoms with Crippen molar-refractivity contribution in [3.8, 4) is 22.6 Å². The quantitative estimate of drug-likeness (QED) is 0.311. The van der Waals surface area contributed by atoms with Gasteiger partial charge in [-0.1, -0.05) is 6.92 Å². The van der Waals surface area contributed by atoms with Crippen LogP contribution in [0.3, 0.4) is 0 Å². The predicted molar refractivity (Wildman–Crippen MR) is 145 cm³/mol. The van der Waals surface area contributed by atoms with Gasteiger partial charge in [-0.3, -0.25) is 14.9 Å². The first-order valence-corrected chi connectivity index (χ1v) is 12.7. The summed E-state index contributed by atoms with van der Waals surface area (Å²) in [4.78, 5) is 33.4. The molecular weight excluding hydrogens is 485 g/mol. The molecule has 1 aromatic carbocycles. The number of aromatic amines is 2. The summed E-state index contributed by atoms with van der Waals surface area (Å²) in [5.41, 5.74) is 4.72. The first kappa shape index (κ1) is 24.0. The van der Waals surface area contributed by atoms with Crippen LogP contribution in [0.25, 0.3) is 44.7 Å². The molecule has 0 atom stereocenters. The SMILES string of the molecule is CCCC(=O)Nc1cncc(-c2ccc3[nH]nc(-c4nc5c(N6CCN(C)CC6)ccnc5[nH]4)c3c2F)c1. The van der Waals surface area contributed by atoms with Crippen LogP contribution in [0.1, 0.15) is 19.8 Å². The molecular formula is C27H28FN9O. The molecule has 1 fully saturated rings. The number of hydrogen-bond donors (Lipinski definition) is 3. The molecule has 3 N–H and O–H groups in total. The van der Waals surface area contributed by atoms with Crippen molar-refractivity contribution in [1.82, 2.24) is 35.0 Å². The average Bonchev–Trinajstić information content (AvgIpc) is 3.54. The number of likely N-dealkylation sites (N-methyl/N-ethyl adjacent to an activating group) is 1. The maximum Gasteiger partial charge on any atom is 0.224 e. The zero-order chi connectivity index (χ0) is 26.2. The zero-order valence-electron chi connectivity index (χ0n) is 21.3. The summed E-state index contributed by atoms with van der Waals surface area (Å²) in [5, 5.41) is 10.5. The van der Waals surface area contributed by atoms with Gasteiger partial charge < -0.3 is 20.1 Å². The number of carbonyl (C=O) groups excluding carboxylic acids is 1. The summed E-state index contributed by atoms with van der Waals surface area (Å²) in [6.45, 7) is 5.67. The predicted octanol–water partition coefficient (Wildman–Crippen LogP) is 4.19. The molecule has 11 heteroatoms. The number of pyridine rings is 2. The maximum atomic E-state index is 16.1. The number of hydrogen-bond acceptors (Lipinski definition) is 7. The number of nitrogens with zero attached hydrogens (tertiary/aromatic N) is 6. The number of halogens is 1. The zero-order valence-corrected chi connectivity index (χ0v) is 21.3. The Bertz CT molecular complexity index is 1630. The minimum atomic E-state index is -0.446. The van der Waals surface area contributed by atoms with Crippen LogP contribution in [0.15, 0.2) is 42.9 Å². The summed E-state index contributed by atoms with van der Waals surface area (Å²) < 4.78 is 16.1. The van der Waals surface area contributed by atoms with Crippen molar-refractivity contribution >= 4 is 39.3 Å². The van der Waals surface area contributed by atoms with Crippen molar-refractivity contribution in [2.75, 3.05) is 43.4 Å². The highest BCUT2D eigenvalue weighted by molar-refractivity contribution is 5.98. The molecule has 1 aliphatic rings. The van der Waals surface area contributed by atoms with Gasteiger partial charge in [-0.05, 0) is 37.7 Å². The van der Waals surface area contributed by atoms with E-state index in [-0.39, 0.29) is 5.91 Å². The number of fused-ring (bicyclic) bond motifs is 2. The topological polar surface area (TPSA) is 119 Å². The molecule has 0 spiro atoms. The Kier molecular flexibility index (Phi) is 6.20. The van der Waals surface area contributed by atoms with Crippen LogP contribution in [-0.4, -0.2) is 74.2 Å². The van der Waals surface area contributed by atoms with Gasteiger partial charge in [0.05, 0.1) is 28.5 Å². The lowest BCUT2D eigenvalue weighted by Crippen LogP contribution is -2.44. The minimum Gasteiger partial charge on any atom is -0.367 e. The van der Waals surface area contributed by atoms with E-state index < -0.39 is 5.82 Å². The van der Waals surface area contributed by atoms with E-state index in [1.165, 1.54) is 0 Å². The molecule has 5 aromatic rings. The van der Waals surface area contributed by atoms with E-state index in [1.807, 2.05) is 13.0 Å². The highest BCUT2D eigenvalue weighted by atomic mass is 19.1. The molecule has 0 saturated carbocycles. The molecule has 0 bridgehead atoms. The van der Waals surface area contributed by atoms with Gasteiger partial charge in [-0.2, -0.15) is 5.10 Å². The highest BCUT2D eigenvalue weighted by Gasteiger charge is 2.22. The fourth-order valence-electron chi connectivity index (χ4n) is 4.89. The first-order valence-electron chi connectivity index (χ1n) is 12.7. The van der Waals surface area contributed by atoms with Gasteiger partial charge in [0.1, 0.15) is 17.0 Å². The van der Waals surface area contributed by atoms with Crippen LogP contribution in [-0.2, 0) is 4.79 Å². The molecule has 1 aliphatic heterocycles. The second kappa shape index (κ2) is 9.82. The maximum absolute atomic E-state index is 16.1. The van der Waals surface area contributed by atoms with Crippen molar-refractivity contribution in [2.45, 2.75) is 19.8 Å².